The van der Waals surface area contributed by atoms with E-state index in [-0.39, 0.29) is 0 Å². The quantitative estimate of drug-likeness (QED) is 0.860. The summed E-state index contributed by atoms with van der Waals surface area (Å²) in [4.78, 5) is 0. The summed E-state index contributed by atoms with van der Waals surface area (Å²) in [5, 5.41) is 4.19. The highest BCUT2D eigenvalue weighted by Gasteiger charge is 1.99. The Morgan fingerprint density at radius 3 is 3.00 bits per heavy atom. The van der Waals surface area contributed by atoms with Crippen LogP contribution in [0.2, 0.25) is 0 Å². The Morgan fingerprint density at radius 1 is 1.44 bits per heavy atom. The molecule has 0 spiro atoms. The summed E-state index contributed by atoms with van der Waals surface area (Å²) >= 11 is 3.41. The number of hydrogen-bond acceptors (Lipinski definition) is 2. The topological polar surface area (TPSA) is 27.1 Å². The lowest BCUT2D eigenvalue weighted by Gasteiger charge is -2.04. The maximum absolute atomic E-state index is 5.65. The van der Waals surface area contributed by atoms with E-state index in [0.717, 1.165) is 22.3 Å². The summed E-state index contributed by atoms with van der Waals surface area (Å²) < 4.78 is 8.56. The van der Waals surface area contributed by atoms with E-state index in [1.165, 1.54) is 0 Å². The Bertz CT molecular complexity index is 468. The SMILES string of the molecule is CCn1cc(COc2cccc(Br)c2)cn1. The van der Waals surface area contributed by atoms with E-state index in [1.54, 1.807) is 0 Å². The summed E-state index contributed by atoms with van der Waals surface area (Å²) in [5.41, 5.74) is 1.09. The minimum Gasteiger partial charge on any atom is -0.489 e. The zero-order valence-electron chi connectivity index (χ0n) is 9.06. The lowest BCUT2D eigenvalue weighted by Crippen LogP contribution is -1.95. The van der Waals surface area contributed by atoms with Crippen LogP contribution >= 0.6 is 15.9 Å². The highest BCUT2D eigenvalue weighted by atomic mass is 79.9. The number of aryl methyl sites for hydroxylation is 1. The maximum Gasteiger partial charge on any atom is 0.120 e. The Hall–Kier alpha value is -1.29. The second kappa shape index (κ2) is 5.16. The van der Waals surface area contributed by atoms with Gasteiger partial charge in [-0.15, -0.1) is 0 Å². The first-order valence-corrected chi connectivity index (χ1v) is 5.97. The molecular formula is C12H13BrN2O. The van der Waals surface area contributed by atoms with E-state index in [2.05, 4.69) is 28.0 Å². The molecule has 0 atom stereocenters. The molecule has 0 amide bonds. The molecule has 1 aromatic carbocycles. The van der Waals surface area contributed by atoms with Gasteiger partial charge in [0.1, 0.15) is 12.4 Å². The number of ether oxygens (including phenoxy) is 1. The van der Waals surface area contributed by atoms with Crippen LogP contribution in [0.25, 0.3) is 0 Å². The van der Waals surface area contributed by atoms with Gasteiger partial charge >= 0.3 is 0 Å². The molecule has 0 aliphatic rings. The van der Waals surface area contributed by atoms with Crippen LogP contribution in [0.15, 0.2) is 41.1 Å². The van der Waals surface area contributed by atoms with Crippen LogP contribution in [-0.4, -0.2) is 9.78 Å². The Labute approximate surface area is 103 Å². The fourth-order valence-electron chi connectivity index (χ4n) is 1.38. The zero-order valence-corrected chi connectivity index (χ0v) is 10.6. The van der Waals surface area contributed by atoms with E-state index in [1.807, 2.05) is 41.3 Å². The highest BCUT2D eigenvalue weighted by Crippen LogP contribution is 2.18. The van der Waals surface area contributed by atoms with E-state index in [9.17, 15) is 0 Å². The largest absolute Gasteiger partial charge is 0.489 e. The molecule has 0 fully saturated rings. The van der Waals surface area contributed by atoms with Crippen molar-refractivity contribution in [3.63, 3.8) is 0 Å². The van der Waals surface area contributed by atoms with Gasteiger partial charge in [0.25, 0.3) is 0 Å². The summed E-state index contributed by atoms with van der Waals surface area (Å²) in [6, 6.07) is 7.82. The smallest absolute Gasteiger partial charge is 0.120 e. The Balaban J connectivity index is 1.96. The molecule has 0 aliphatic carbocycles. The van der Waals surface area contributed by atoms with E-state index in [4.69, 9.17) is 4.74 Å². The first-order valence-electron chi connectivity index (χ1n) is 5.17. The van der Waals surface area contributed by atoms with Gasteiger partial charge < -0.3 is 4.74 Å². The maximum atomic E-state index is 5.65. The van der Waals surface area contributed by atoms with Crippen molar-refractivity contribution in [1.29, 1.82) is 0 Å². The van der Waals surface area contributed by atoms with Crippen molar-refractivity contribution in [2.24, 2.45) is 0 Å². The van der Waals surface area contributed by atoms with Gasteiger partial charge in [-0.25, -0.2) is 0 Å². The van der Waals surface area contributed by atoms with Gasteiger partial charge in [-0.1, -0.05) is 22.0 Å². The number of hydrogen-bond donors (Lipinski definition) is 0. The van der Waals surface area contributed by atoms with Crippen molar-refractivity contribution >= 4 is 15.9 Å². The van der Waals surface area contributed by atoms with Gasteiger partial charge in [-0.2, -0.15) is 5.10 Å². The molecule has 84 valence electrons. The fourth-order valence-corrected chi connectivity index (χ4v) is 1.76. The molecule has 0 bridgehead atoms. The van der Waals surface area contributed by atoms with Crippen LogP contribution in [0.3, 0.4) is 0 Å². The molecule has 0 unspecified atom stereocenters. The van der Waals surface area contributed by atoms with Crippen molar-refractivity contribution in [2.75, 3.05) is 0 Å². The van der Waals surface area contributed by atoms with Crippen LogP contribution in [0.5, 0.6) is 5.75 Å². The van der Waals surface area contributed by atoms with Crippen LogP contribution in [-0.2, 0) is 13.2 Å². The van der Waals surface area contributed by atoms with E-state index < -0.39 is 0 Å². The molecule has 0 saturated heterocycles. The summed E-state index contributed by atoms with van der Waals surface area (Å²) in [6.45, 7) is 3.50. The third-order valence-electron chi connectivity index (χ3n) is 2.21. The molecule has 0 aliphatic heterocycles. The van der Waals surface area contributed by atoms with Gasteiger partial charge in [0, 0.05) is 22.8 Å². The molecule has 2 rings (SSSR count). The van der Waals surface area contributed by atoms with Gasteiger partial charge in [0.15, 0.2) is 0 Å². The van der Waals surface area contributed by atoms with Crippen molar-refractivity contribution in [3.8, 4) is 5.75 Å². The second-order valence-electron chi connectivity index (χ2n) is 3.45. The lowest BCUT2D eigenvalue weighted by atomic mass is 10.3. The number of aromatic nitrogens is 2. The summed E-state index contributed by atoms with van der Waals surface area (Å²) in [5.74, 6) is 0.860. The molecular weight excluding hydrogens is 268 g/mol. The first-order chi connectivity index (χ1) is 7.78. The number of halogens is 1. The average molecular weight is 281 g/mol. The minimum absolute atomic E-state index is 0.552. The molecule has 2 aromatic rings. The van der Waals surface area contributed by atoms with Crippen molar-refractivity contribution in [3.05, 3.63) is 46.7 Å². The van der Waals surface area contributed by atoms with Crippen molar-refractivity contribution in [1.82, 2.24) is 9.78 Å². The standard InChI is InChI=1S/C12H13BrN2O/c1-2-15-8-10(7-14-15)9-16-12-5-3-4-11(13)6-12/h3-8H,2,9H2,1H3. The predicted molar refractivity (Wildman–Crippen MR) is 66.4 cm³/mol. The molecule has 0 N–H and O–H groups in total. The van der Waals surface area contributed by atoms with Crippen LogP contribution in [0, 0.1) is 0 Å². The van der Waals surface area contributed by atoms with Gasteiger partial charge in [-0.3, -0.25) is 4.68 Å². The lowest BCUT2D eigenvalue weighted by molar-refractivity contribution is 0.306. The number of benzene rings is 1. The molecule has 0 radical (unpaired) electrons. The van der Waals surface area contributed by atoms with E-state index in [0.29, 0.717) is 6.61 Å². The molecule has 1 heterocycles. The third kappa shape index (κ3) is 2.85. The summed E-state index contributed by atoms with van der Waals surface area (Å²) in [6.07, 6.45) is 3.83. The van der Waals surface area contributed by atoms with Crippen LogP contribution in [0.1, 0.15) is 12.5 Å². The van der Waals surface area contributed by atoms with Crippen LogP contribution < -0.4 is 4.74 Å². The monoisotopic (exact) mass is 280 g/mol. The first kappa shape index (κ1) is 11.2. The van der Waals surface area contributed by atoms with Gasteiger partial charge in [-0.05, 0) is 25.1 Å². The molecule has 1 aromatic heterocycles. The van der Waals surface area contributed by atoms with Gasteiger partial charge in [0.05, 0.1) is 6.20 Å². The number of nitrogens with zero attached hydrogens (tertiary/aromatic N) is 2. The van der Waals surface area contributed by atoms with Crippen molar-refractivity contribution in [2.45, 2.75) is 20.1 Å². The van der Waals surface area contributed by atoms with Crippen LogP contribution in [0.4, 0.5) is 0 Å². The van der Waals surface area contributed by atoms with Crippen molar-refractivity contribution < 1.29 is 4.74 Å². The zero-order chi connectivity index (χ0) is 11.4. The molecule has 3 nitrogen and oxygen atoms in total. The third-order valence-corrected chi connectivity index (χ3v) is 2.71. The van der Waals surface area contributed by atoms with Gasteiger partial charge in [0.2, 0.25) is 0 Å². The predicted octanol–water partition coefficient (Wildman–Crippen LogP) is 3.24. The summed E-state index contributed by atoms with van der Waals surface area (Å²) in [7, 11) is 0. The second-order valence-corrected chi connectivity index (χ2v) is 4.37. The molecule has 0 saturated carbocycles. The highest BCUT2D eigenvalue weighted by molar-refractivity contribution is 9.10. The average Bonchev–Trinajstić information content (AvgIpc) is 2.74. The van der Waals surface area contributed by atoms with E-state index >= 15 is 0 Å². The Morgan fingerprint density at radius 2 is 2.31 bits per heavy atom. The normalized spacial score (nSPS) is 10.4. The fraction of sp³-hybridized carbons (Fsp3) is 0.250. The molecule has 16 heavy (non-hydrogen) atoms. The Kier molecular flexibility index (Phi) is 3.62. The molecule has 4 heteroatoms. The minimum atomic E-state index is 0.552. The number of rotatable bonds is 4.